The summed E-state index contributed by atoms with van der Waals surface area (Å²) in [6.45, 7) is 4.12. The van der Waals surface area contributed by atoms with Crippen LogP contribution in [0.3, 0.4) is 0 Å². The van der Waals surface area contributed by atoms with Crippen molar-refractivity contribution in [3.05, 3.63) is 39.0 Å². The van der Waals surface area contributed by atoms with Gasteiger partial charge in [-0.2, -0.15) is 0 Å². The van der Waals surface area contributed by atoms with Gasteiger partial charge in [0.1, 0.15) is 0 Å². The Labute approximate surface area is 143 Å². The highest BCUT2D eigenvalue weighted by Gasteiger charge is 2.25. The average Bonchev–Trinajstić information content (AvgIpc) is 2.52. The molecule has 0 saturated carbocycles. The van der Waals surface area contributed by atoms with Crippen molar-refractivity contribution in [2.24, 2.45) is 0 Å². The summed E-state index contributed by atoms with van der Waals surface area (Å²) in [4.78, 5) is 1.09. The van der Waals surface area contributed by atoms with E-state index in [4.69, 9.17) is 0 Å². The summed E-state index contributed by atoms with van der Waals surface area (Å²) in [6.07, 6.45) is 4.95. The monoisotopic (exact) mass is 356 g/mol. The Morgan fingerprint density at radius 1 is 1.09 bits per heavy atom. The van der Waals surface area contributed by atoms with E-state index in [9.17, 15) is 8.42 Å². The number of hydrogen-bond donors (Lipinski definition) is 0. The van der Waals surface area contributed by atoms with Crippen molar-refractivity contribution < 1.29 is 8.42 Å². The van der Waals surface area contributed by atoms with Gasteiger partial charge in [-0.15, -0.1) is 23.5 Å². The molecule has 1 aliphatic heterocycles. The van der Waals surface area contributed by atoms with Crippen LogP contribution in [0.4, 0.5) is 0 Å². The Kier molecular flexibility index (Phi) is 6.90. The first-order valence-electron chi connectivity index (χ1n) is 7.86. The van der Waals surface area contributed by atoms with E-state index in [1.807, 2.05) is 19.1 Å². The molecular weight excluding hydrogens is 332 g/mol. The molecule has 0 N–H and O–H groups in total. The van der Waals surface area contributed by atoms with Crippen molar-refractivity contribution in [3.8, 4) is 0 Å². The SMILES string of the molecule is CCCCCC(=C1SCCCS1)S(=O)(=O)c1ccc(C)cc1. The van der Waals surface area contributed by atoms with Gasteiger partial charge in [0.25, 0.3) is 0 Å². The largest absolute Gasteiger partial charge is 0.219 e. The van der Waals surface area contributed by atoms with Crippen LogP contribution in [0.2, 0.25) is 0 Å². The molecule has 1 heterocycles. The van der Waals surface area contributed by atoms with Crippen LogP contribution in [-0.4, -0.2) is 19.9 Å². The fraction of sp³-hybridized carbons (Fsp3) is 0.529. The number of allylic oxidation sites excluding steroid dienone is 1. The molecule has 0 unspecified atom stereocenters. The maximum atomic E-state index is 13.1. The lowest BCUT2D eigenvalue weighted by molar-refractivity contribution is 0.598. The minimum atomic E-state index is -3.36. The molecule has 1 fully saturated rings. The number of benzene rings is 1. The molecule has 0 amide bonds. The number of aryl methyl sites for hydroxylation is 1. The Morgan fingerprint density at radius 2 is 1.73 bits per heavy atom. The number of unbranched alkanes of at least 4 members (excludes halogenated alkanes) is 2. The fourth-order valence-electron chi connectivity index (χ4n) is 2.33. The zero-order chi connectivity index (χ0) is 16.0. The third-order valence-corrected chi connectivity index (χ3v) is 8.56. The van der Waals surface area contributed by atoms with Gasteiger partial charge in [0.2, 0.25) is 9.84 Å². The van der Waals surface area contributed by atoms with E-state index in [1.54, 1.807) is 35.7 Å². The molecule has 1 aliphatic rings. The normalized spacial score (nSPS) is 15.8. The number of hydrogen-bond acceptors (Lipinski definition) is 4. The second-order valence-electron chi connectivity index (χ2n) is 5.53. The van der Waals surface area contributed by atoms with Gasteiger partial charge in [0.05, 0.1) is 14.0 Å². The average molecular weight is 357 g/mol. The standard InChI is InChI=1S/C17H24O2S3/c1-3-4-5-7-16(17-20-12-6-13-21-17)22(18,19)15-10-8-14(2)9-11-15/h8-11H,3-7,12-13H2,1-2H3. The van der Waals surface area contributed by atoms with Crippen molar-refractivity contribution in [3.63, 3.8) is 0 Å². The van der Waals surface area contributed by atoms with Gasteiger partial charge in [-0.25, -0.2) is 8.42 Å². The van der Waals surface area contributed by atoms with Crippen molar-refractivity contribution in [2.75, 3.05) is 11.5 Å². The molecule has 0 aromatic heterocycles. The van der Waals surface area contributed by atoms with E-state index in [0.29, 0.717) is 16.2 Å². The van der Waals surface area contributed by atoms with Crippen molar-refractivity contribution in [1.82, 2.24) is 0 Å². The topological polar surface area (TPSA) is 34.1 Å². The zero-order valence-electron chi connectivity index (χ0n) is 13.3. The summed E-state index contributed by atoms with van der Waals surface area (Å²) in [6, 6.07) is 7.23. The van der Waals surface area contributed by atoms with E-state index >= 15 is 0 Å². The van der Waals surface area contributed by atoms with Crippen LogP contribution in [0.1, 0.15) is 44.6 Å². The molecule has 5 heteroatoms. The Hall–Kier alpha value is -0.390. The van der Waals surface area contributed by atoms with Crippen molar-refractivity contribution in [1.29, 1.82) is 0 Å². The summed E-state index contributed by atoms with van der Waals surface area (Å²) in [5.74, 6) is 2.06. The molecular formula is C17H24O2S3. The smallest absolute Gasteiger partial charge is 0.204 e. The van der Waals surface area contributed by atoms with E-state index in [1.165, 1.54) is 0 Å². The van der Waals surface area contributed by atoms with Crippen LogP contribution < -0.4 is 0 Å². The third-order valence-electron chi connectivity index (χ3n) is 3.65. The molecule has 0 aliphatic carbocycles. The first kappa shape index (κ1) is 18.0. The molecule has 2 nitrogen and oxygen atoms in total. The highest BCUT2D eigenvalue weighted by molar-refractivity contribution is 8.23. The molecule has 0 atom stereocenters. The maximum absolute atomic E-state index is 13.1. The molecule has 1 saturated heterocycles. The van der Waals surface area contributed by atoms with Gasteiger partial charge in [0.15, 0.2) is 0 Å². The lowest BCUT2D eigenvalue weighted by Crippen LogP contribution is -2.09. The van der Waals surface area contributed by atoms with Gasteiger partial charge < -0.3 is 0 Å². The number of rotatable bonds is 6. The van der Waals surface area contributed by atoms with E-state index in [0.717, 1.165) is 47.0 Å². The summed E-state index contributed by atoms with van der Waals surface area (Å²) in [5.41, 5.74) is 1.08. The molecule has 0 bridgehead atoms. The van der Waals surface area contributed by atoms with Gasteiger partial charge in [0, 0.05) is 0 Å². The van der Waals surface area contributed by atoms with Gasteiger partial charge in [-0.1, -0.05) is 37.5 Å². The zero-order valence-corrected chi connectivity index (χ0v) is 15.7. The minimum Gasteiger partial charge on any atom is -0.219 e. The van der Waals surface area contributed by atoms with E-state index in [-0.39, 0.29) is 0 Å². The van der Waals surface area contributed by atoms with Crippen LogP contribution in [0, 0.1) is 6.92 Å². The first-order valence-corrected chi connectivity index (χ1v) is 11.3. The third kappa shape index (κ3) is 4.56. The minimum absolute atomic E-state index is 0.434. The predicted octanol–water partition coefficient (Wildman–Crippen LogP) is 5.39. The van der Waals surface area contributed by atoms with Crippen molar-refractivity contribution in [2.45, 2.75) is 50.8 Å². The summed E-state index contributed by atoms with van der Waals surface area (Å²) in [5, 5.41) is 0. The van der Waals surface area contributed by atoms with Gasteiger partial charge in [-0.05, 0) is 49.8 Å². The fourth-order valence-corrected chi connectivity index (χ4v) is 7.25. The number of thioether (sulfide) groups is 2. The highest BCUT2D eigenvalue weighted by Crippen LogP contribution is 2.41. The van der Waals surface area contributed by atoms with Crippen LogP contribution in [0.15, 0.2) is 38.3 Å². The van der Waals surface area contributed by atoms with Crippen LogP contribution in [0.25, 0.3) is 0 Å². The molecule has 2 rings (SSSR count). The van der Waals surface area contributed by atoms with Crippen molar-refractivity contribution >= 4 is 33.4 Å². The lowest BCUT2D eigenvalue weighted by atomic mass is 10.2. The van der Waals surface area contributed by atoms with Gasteiger partial charge >= 0.3 is 0 Å². The van der Waals surface area contributed by atoms with E-state index in [2.05, 4.69) is 6.92 Å². The van der Waals surface area contributed by atoms with E-state index < -0.39 is 9.84 Å². The molecule has 122 valence electrons. The van der Waals surface area contributed by atoms with Crippen LogP contribution in [0.5, 0.6) is 0 Å². The molecule has 0 spiro atoms. The molecule has 1 aromatic rings. The molecule has 22 heavy (non-hydrogen) atoms. The second-order valence-corrected chi connectivity index (χ2v) is 9.97. The Morgan fingerprint density at radius 3 is 2.32 bits per heavy atom. The molecule has 0 radical (unpaired) electrons. The first-order chi connectivity index (χ1) is 10.6. The lowest BCUT2D eigenvalue weighted by Gasteiger charge is -2.18. The Bertz CT molecular complexity index is 608. The highest BCUT2D eigenvalue weighted by atomic mass is 32.2. The summed E-state index contributed by atoms with van der Waals surface area (Å²) < 4.78 is 27.1. The number of sulfone groups is 1. The van der Waals surface area contributed by atoms with Crippen LogP contribution in [-0.2, 0) is 9.84 Å². The second kappa shape index (κ2) is 8.46. The van der Waals surface area contributed by atoms with Gasteiger partial charge in [-0.3, -0.25) is 0 Å². The summed E-state index contributed by atoms with van der Waals surface area (Å²) >= 11 is 3.43. The maximum Gasteiger partial charge on any atom is 0.204 e. The predicted molar refractivity (Wildman–Crippen MR) is 99.1 cm³/mol. The van der Waals surface area contributed by atoms with Crippen LogP contribution >= 0.6 is 23.5 Å². The summed E-state index contributed by atoms with van der Waals surface area (Å²) in [7, 11) is -3.36. The molecule has 1 aromatic carbocycles. The Balaban J connectivity index is 2.36. The quantitative estimate of drug-likeness (QED) is 0.640.